The maximum absolute atomic E-state index is 13.0. The molecule has 2 aliphatic rings. The number of carbonyl (C=O) groups is 1. The number of carbonyl (C=O) groups excluding carboxylic acids is 1. The number of hydrogen-bond acceptors (Lipinski definition) is 4. The third-order valence-corrected chi connectivity index (χ3v) is 3.19. The van der Waals surface area contributed by atoms with Crippen molar-refractivity contribution in [3.63, 3.8) is 0 Å². The second-order valence-corrected chi connectivity index (χ2v) is 4.69. The van der Waals surface area contributed by atoms with Crippen molar-refractivity contribution in [1.29, 1.82) is 0 Å². The molecule has 0 N–H and O–H groups in total. The molecule has 0 aromatic rings. The van der Waals surface area contributed by atoms with Crippen LogP contribution in [0.5, 0.6) is 0 Å². The molecule has 0 aliphatic carbocycles. The number of alkyl halides is 2. The maximum Gasteiger partial charge on any atom is 0.373 e. The SMILES string of the molecule is C#CCCC1(CCC(=O)N2CCOC(F)(F)C2)N=N1. The molecule has 0 aromatic carbocycles. The number of morpholine rings is 1. The van der Waals surface area contributed by atoms with E-state index in [1.807, 2.05) is 0 Å². The molecule has 0 radical (unpaired) electrons. The molecule has 0 bridgehead atoms. The Balaban J connectivity index is 1.77. The van der Waals surface area contributed by atoms with E-state index in [1.165, 1.54) is 0 Å². The third kappa shape index (κ3) is 3.70. The van der Waals surface area contributed by atoms with Crippen LogP contribution in [0.4, 0.5) is 8.78 Å². The highest BCUT2D eigenvalue weighted by Gasteiger charge is 2.42. The predicted molar refractivity (Wildman–Crippen MR) is 62.4 cm³/mol. The number of rotatable bonds is 5. The van der Waals surface area contributed by atoms with Crippen LogP contribution in [0.25, 0.3) is 0 Å². The second-order valence-electron chi connectivity index (χ2n) is 4.69. The molecule has 0 saturated carbocycles. The van der Waals surface area contributed by atoms with Crippen LogP contribution in [-0.4, -0.2) is 42.3 Å². The molecule has 5 nitrogen and oxygen atoms in total. The molecule has 2 rings (SSSR count). The monoisotopic (exact) mass is 271 g/mol. The largest absolute Gasteiger partial charge is 0.373 e. The van der Waals surface area contributed by atoms with Crippen molar-refractivity contribution in [2.45, 2.75) is 37.5 Å². The average molecular weight is 271 g/mol. The van der Waals surface area contributed by atoms with Crippen LogP contribution in [0.1, 0.15) is 25.7 Å². The predicted octanol–water partition coefficient (Wildman–Crippen LogP) is 1.79. The Labute approximate surface area is 110 Å². The first kappa shape index (κ1) is 13.9. The molecule has 104 valence electrons. The van der Waals surface area contributed by atoms with Gasteiger partial charge in [0, 0.05) is 32.2 Å². The van der Waals surface area contributed by atoms with Crippen molar-refractivity contribution in [2.24, 2.45) is 10.2 Å². The first-order valence-corrected chi connectivity index (χ1v) is 6.13. The summed E-state index contributed by atoms with van der Waals surface area (Å²) in [7, 11) is 0. The quantitative estimate of drug-likeness (QED) is 0.716. The fraction of sp³-hybridized carbons (Fsp3) is 0.750. The molecule has 7 heteroatoms. The fourth-order valence-corrected chi connectivity index (χ4v) is 2.00. The standard InChI is InChI=1S/C12H15F2N3O2/c1-2-3-5-11(15-16-11)6-4-10(18)17-7-8-19-12(13,14)9-17/h1H,3-9H2. The van der Waals surface area contributed by atoms with Gasteiger partial charge in [-0.05, 0) is 0 Å². The Kier molecular flexibility index (Phi) is 3.80. The van der Waals surface area contributed by atoms with Gasteiger partial charge in [0.15, 0.2) is 5.66 Å². The number of ether oxygens (including phenoxy) is 1. The summed E-state index contributed by atoms with van der Waals surface area (Å²) in [6.45, 7) is -0.632. The summed E-state index contributed by atoms with van der Waals surface area (Å²) >= 11 is 0. The highest BCUT2D eigenvalue weighted by Crippen LogP contribution is 2.37. The second kappa shape index (κ2) is 5.21. The van der Waals surface area contributed by atoms with E-state index in [2.05, 4.69) is 20.9 Å². The van der Waals surface area contributed by atoms with Gasteiger partial charge in [-0.2, -0.15) is 19.0 Å². The van der Waals surface area contributed by atoms with Crippen molar-refractivity contribution in [3.05, 3.63) is 0 Å². The minimum absolute atomic E-state index is 0.143. The first-order chi connectivity index (χ1) is 8.96. The van der Waals surface area contributed by atoms with Crippen molar-refractivity contribution in [2.75, 3.05) is 19.7 Å². The number of nitrogens with zero attached hydrogens (tertiary/aromatic N) is 3. The zero-order valence-electron chi connectivity index (χ0n) is 10.4. The summed E-state index contributed by atoms with van der Waals surface area (Å²) < 4.78 is 30.3. The van der Waals surface area contributed by atoms with Gasteiger partial charge in [-0.3, -0.25) is 4.79 Å². The lowest BCUT2D eigenvalue weighted by molar-refractivity contribution is -0.267. The Morgan fingerprint density at radius 3 is 2.74 bits per heavy atom. The first-order valence-electron chi connectivity index (χ1n) is 6.13. The zero-order chi connectivity index (χ0) is 13.9. The Hall–Kier alpha value is -1.55. The summed E-state index contributed by atoms with van der Waals surface area (Å²) in [4.78, 5) is 13.0. The number of hydrogen-bond donors (Lipinski definition) is 0. The van der Waals surface area contributed by atoms with Crippen LogP contribution >= 0.6 is 0 Å². The Morgan fingerprint density at radius 2 is 2.16 bits per heavy atom. The molecular formula is C12H15F2N3O2. The molecular weight excluding hydrogens is 256 g/mol. The summed E-state index contributed by atoms with van der Waals surface area (Å²) in [6.07, 6.45) is 3.63. The van der Waals surface area contributed by atoms with E-state index in [-0.39, 0.29) is 25.5 Å². The molecule has 2 aliphatic heterocycles. The fourth-order valence-electron chi connectivity index (χ4n) is 2.00. The van der Waals surface area contributed by atoms with Gasteiger partial charge in [0.05, 0.1) is 6.61 Å². The van der Waals surface area contributed by atoms with E-state index < -0.39 is 18.3 Å². The van der Waals surface area contributed by atoms with Gasteiger partial charge in [0.1, 0.15) is 6.54 Å². The lowest BCUT2D eigenvalue weighted by Gasteiger charge is -2.32. The molecule has 19 heavy (non-hydrogen) atoms. The molecule has 0 aromatic heterocycles. The van der Waals surface area contributed by atoms with Crippen LogP contribution in [0, 0.1) is 12.3 Å². The van der Waals surface area contributed by atoms with Gasteiger partial charge in [0.25, 0.3) is 0 Å². The van der Waals surface area contributed by atoms with Crippen LogP contribution in [-0.2, 0) is 9.53 Å². The van der Waals surface area contributed by atoms with Crippen LogP contribution in [0.15, 0.2) is 10.2 Å². The molecule has 1 fully saturated rings. The lowest BCUT2D eigenvalue weighted by Crippen LogP contribution is -2.49. The van der Waals surface area contributed by atoms with Gasteiger partial charge in [-0.15, -0.1) is 12.3 Å². The van der Waals surface area contributed by atoms with E-state index >= 15 is 0 Å². The van der Waals surface area contributed by atoms with E-state index in [4.69, 9.17) is 6.42 Å². The van der Waals surface area contributed by atoms with Crippen molar-refractivity contribution < 1.29 is 18.3 Å². The van der Waals surface area contributed by atoms with Crippen LogP contribution < -0.4 is 0 Å². The van der Waals surface area contributed by atoms with Crippen LogP contribution in [0.2, 0.25) is 0 Å². The van der Waals surface area contributed by atoms with Gasteiger partial charge >= 0.3 is 6.11 Å². The molecule has 2 heterocycles. The van der Waals surface area contributed by atoms with Gasteiger partial charge in [-0.25, -0.2) is 0 Å². The number of halogens is 2. The van der Waals surface area contributed by atoms with Crippen molar-refractivity contribution in [3.8, 4) is 12.3 Å². The smallest absolute Gasteiger partial charge is 0.332 e. The van der Waals surface area contributed by atoms with E-state index in [1.54, 1.807) is 0 Å². The molecule has 0 atom stereocenters. The minimum atomic E-state index is -3.25. The highest BCUT2D eigenvalue weighted by molar-refractivity contribution is 5.76. The summed E-state index contributed by atoms with van der Waals surface area (Å²) in [5.74, 6) is 2.18. The lowest BCUT2D eigenvalue weighted by atomic mass is 10.0. The normalized spacial score (nSPS) is 22.9. The van der Waals surface area contributed by atoms with E-state index in [0.29, 0.717) is 19.3 Å². The van der Waals surface area contributed by atoms with Crippen LogP contribution in [0.3, 0.4) is 0 Å². The average Bonchev–Trinajstić information content (AvgIpc) is 3.13. The zero-order valence-corrected chi connectivity index (χ0v) is 10.4. The Morgan fingerprint density at radius 1 is 1.42 bits per heavy atom. The maximum atomic E-state index is 13.0. The summed E-state index contributed by atoms with van der Waals surface area (Å²) in [5, 5.41) is 7.81. The summed E-state index contributed by atoms with van der Waals surface area (Å²) in [6, 6.07) is 0. The molecule has 1 saturated heterocycles. The number of amides is 1. The Bertz CT molecular complexity index is 425. The van der Waals surface area contributed by atoms with Gasteiger partial charge in [-0.1, -0.05) is 0 Å². The van der Waals surface area contributed by atoms with Gasteiger partial charge in [0.2, 0.25) is 5.91 Å². The topological polar surface area (TPSA) is 54.3 Å². The molecule has 1 amide bonds. The van der Waals surface area contributed by atoms with E-state index in [9.17, 15) is 13.6 Å². The highest BCUT2D eigenvalue weighted by atomic mass is 19.3. The number of terminal acetylenes is 1. The third-order valence-electron chi connectivity index (χ3n) is 3.19. The minimum Gasteiger partial charge on any atom is -0.332 e. The van der Waals surface area contributed by atoms with Crippen molar-refractivity contribution in [1.82, 2.24) is 4.90 Å². The molecule has 0 spiro atoms. The molecule has 0 unspecified atom stereocenters. The van der Waals surface area contributed by atoms with E-state index in [0.717, 1.165) is 4.90 Å². The van der Waals surface area contributed by atoms with Crippen molar-refractivity contribution >= 4 is 5.91 Å². The van der Waals surface area contributed by atoms with Gasteiger partial charge < -0.3 is 9.64 Å². The summed E-state index contributed by atoms with van der Waals surface area (Å²) in [5.41, 5.74) is -0.545.